The van der Waals surface area contributed by atoms with Crippen LogP contribution in [-0.4, -0.2) is 13.1 Å². The van der Waals surface area contributed by atoms with Crippen LogP contribution in [0.1, 0.15) is 45.4 Å². The van der Waals surface area contributed by atoms with Crippen molar-refractivity contribution in [2.45, 2.75) is 45.4 Å². The molecule has 0 aromatic carbocycles. The summed E-state index contributed by atoms with van der Waals surface area (Å²) in [5.74, 6) is 1.13. The Bertz CT molecular complexity index is 471. The Morgan fingerprint density at radius 3 is 2.47 bits per heavy atom. The normalized spacial score (nSPS) is 43.9. The fraction of sp³-hybridized carbons (Fsp3) is 0.750. The fourth-order valence-corrected chi connectivity index (χ4v) is 5.31. The zero-order valence-electron chi connectivity index (χ0n) is 11.7. The number of carbonyl (C=O) groups excluding carboxylic acids is 1. The molecule has 0 saturated heterocycles. The molecule has 0 heterocycles. The number of hydrogen-bond donors (Lipinski definition) is 0. The van der Waals surface area contributed by atoms with Crippen molar-refractivity contribution in [3.05, 3.63) is 11.6 Å². The van der Waals surface area contributed by atoms with Gasteiger partial charge in [0, 0.05) is 5.57 Å². The minimum atomic E-state index is -0.234. The van der Waals surface area contributed by atoms with Gasteiger partial charge in [-0.15, -0.1) is 0 Å². The molecule has 3 heteroatoms. The number of rotatable bonds is 2. The third-order valence-electron chi connectivity index (χ3n) is 5.37. The Morgan fingerprint density at radius 1 is 1.32 bits per heavy atom. The van der Waals surface area contributed by atoms with Crippen molar-refractivity contribution in [1.82, 2.24) is 0 Å². The van der Waals surface area contributed by atoms with Crippen molar-refractivity contribution in [3.63, 3.8) is 0 Å². The molecule has 0 spiro atoms. The first-order chi connectivity index (χ1) is 9.00. The predicted molar refractivity (Wildman–Crippen MR) is 70.9 cm³/mol. The molecule has 0 radical (unpaired) electrons. The van der Waals surface area contributed by atoms with Gasteiger partial charge in [0.05, 0.1) is 18.6 Å². The van der Waals surface area contributed by atoms with Crippen molar-refractivity contribution in [2.75, 3.05) is 7.11 Å². The molecule has 0 amide bonds. The average molecular weight is 259 g/mol. The van der Waals surface area contributed by atoms with E-state index >= 15 is 0 Å². The van der Waals surface area contributed by atoms with Crippen molar-refractivity contribution >= 4 is 5.97 Å². The molecule has 4 aliphatic carbocycles. The number of methoxy groups -OCH3 is 1. The summed E-state index contributed by atoms with van der Waals surface area (Å²) < 4.78 is 4.81. The topological polar surface area (TPSA) is 50.1 Å². The smallest absolute Gasteiger partial charge is 0.333 e. The maximum absolute atomic E-state index is 11.6. The van der Waals surface area contributed by atoms with E-state index in [4.69, 9.17) is 4.74 Å². The van der Waals surface area contributed by atoms with Crippen LogP contribution in [0, 0.1) is 34.0 Å². The Labute approximate surface area is 114 Å². The summed E-state index contributed by atoms with van der Waals surface area (Å²) >= 11 is 0. The number of carbonyl (C=O) groups is 1. The van der Waals surface area contributed by atoms with E-state index in [1.54, 1.807) is 0 Å². The maximum atomic E-state index is 11.6. The van der Waals surface area contributed by atoms with Crippen molar-refractivity contribution in [1.29, 1.82) is 5.26 Å². The standard InChI is InChI=1S/C16H21NO2/c1-11(14(18)19-2)4-15-5-12-3-13(6-15)8-16(7-12,9-15)10-17/h4,12-13H,3,5-9H2,1-2H3/b11-4+. The van der Waals surface area contributed by atoms with Gasteiger partial charge in [-0.25, -0.2) is 4.79 Å². The molecule has 0 aromatic rings. The highest BCUT2D eigenvalue weighted by molar-refractivity contribution is 5.87. The highest BCUT2D eigenvalue weighted by Crippen LogP contribution is 2.65. The Morgan fingerprint density at radius 2 is 1.95 bits per heavy atom. The zero-order valence-corrected chi connectivity index (χ0v) is 11.7. The third kappa shape index (κ3) is 1.98. The van der Waals surface area contributed by atoms with E-state index in [2.05, 4.69) is 12.1 Å². The summed E-state index contributed by atoms with van der Waals surface area (Å²) in [6.45, 7) is 1.84. The Hall–Kier alpha value is -1.30. The minimum Gasteiger partial charge on any atom is -0.466 e. The van der Waals surface area contributed by atoms with Gasteiger partial charge in [0.15, 0.2) is 0 Å². The van der Waals surface area contributed by atoms with E-state index in [1.807, 2.05) is 6.92 Å². The molecule has 4 fully saturated rings. The number of ether oxygens (including phenoxy) is 1. The largest absolute Gasteiger partial charge is 0.466 e. The molecule has 4 aliphatic rings. The van der Waals surface area contributed by atoms with Gasteiger partial charge in [-0.1, -0.05) is 6.08 Å². The highest BCUT2D eigenvalue weighted by Gasteiger charge is 2.57. The molecule has 4 rings (SSSR count). The van der Waals surface area contributed by atoms with Gasteiger partial charge in [0.25, 0.3) is 0 Å². The summed E-state index contributed by atoms with van der Waals surface area (Å²) in [6, 6.07) is 2.61. The Balaban J connectivity index is 1.93. The van der Waals surface area contributed by atoms with Crippen LogP contribution in [0.5, 0.6) is 0 Å². The summed E-state index contributed by atoms with van der Waals surface area (Å²) in [5, 5.41) is 9.57. The number of nitriles is 1. The lowest BCUT2D eigenvalue weighted by molar-refractivity contribution is -0.136. The average Bonchev–Trinajstić information content (AvgIpc) is 2.35. The van der Waals surface area contributed by atoms with Crippen molar-refractivity contribution in [2.24, 2.45) is 22.7 Å². The number of hydrogen-bond acceptors (Lipinski definition) is 3. The van der Waals surface area contributed by atoms with Gasteiger partial charge in [-0.2, -0.15) is 5.26 Å². The molecular weight excluding hydrogens is 238 g/mol. The van der Waals surface area contributed by atoms with Crippen LogP contribution in [0.4, 0.5) is 0 Å². The zero-order chi connectivity index (χ0) is 13.7. The quantitative estimate of drug-likeness (QED) is 0.565. The fourth-order valence-electron chi connectivity index (χ4n) is 5.31. The maximum Gasteiger partial charge on any atom is 0.333 e. The number of nitrogens with zero attached hydrogens (tertiary/aromatic N) is 1. The van der Waals surface area contributed by atoms with Gasteiger partial charge in [-0.05, 0) is 62.7 Å². The van der Waals surface area contributed by atoms with E-state index in [0.717, 1.165) is 32.1 Å². The molecule has 2 atom stereocenters. The first-order valence-electron chi connectivity index (χ1n) is 7.19. The van der Waals surface area contributed by atoms with Crippen LogP contribution in [0.15, 0.2) is 11.6 Å². The van der Waals surface area contributed by atoms with E-state index < -0.39 is 0 Å². The second-order valence-corrected chi connectivity index (χ2v) is 7.03. The lowest BCUT2D eigenvalue weighted by Crippen LogP contribution is -2.50. The van der Waals surface area contributed by atoms with Crippen LogP contribution >= 0.6 is 0 Å². The Kier molecular flexibility index (Phi) is 2.74. The highest BCUT2D eigenvalue weighted by atomic mass is 16.5. The van der Waals surface area contributed by atoms with E-state index in [1.165, 1.54) is 13.5 Å². The van der Waals surface area contributed by atoms with E-state index in [0.29, 0.717) is 17.4 Å². The van der Waals surface area contributed by atoms with Gasteiger partial charge in [0.2, 0.25) is 0 Å². The lowest BCUT2D eigenvalue weighted by atomic mass is 9.44. The predicted octanol–water partition coefficient (Wildman–Crippen LogP) is 3.22. The van der Waals surface area contributed by atoms with Gasteiger partial charge < -0.3 is 4.74 Å². The summed E-state index contributed by atoms with van der Waals surface area (Å²) in [4.78, 5) is 11.6. The summed E-state index contributed by atoms with van der Waals surface area (Å²) in [6.07, 6.45) is 8.82. The first-order valence-corrected chi connectivity index (χ1v) is 7.19. The van der Waals surface area contributed by atoms with Gasteiger partial charge in [0.1, 0.15) is 0 Å². The van der Waals surface area contributed by atoms with Crippen LogP contribution in [-0.2, 0) is 9.53 Å². The summed E-state index contributed by atoms with van der Waals surface area (Å²) in [7, 11) is 1.43. The van der Waals surface area contributed by atoms with Crippen LogP contribution in [0.2, 0.25) is 0 Å². The monoisotopic (exact) mass is 259 g/mol. The lowest BCUT2D eigenvalue weighted by Gasteiger charge is -2.59. The molecule has 0 aliphatic heterocycles. The first kappa shape index (κ1) is 12.7. The molecule has 0 aromatic heterocycles. The molecule has 4 bridgehead atoms. The van der Waals surface area contributed by atoms with Gasteiger partial charge in [-0.3, -0.25) is 0 Å². The van der Waals surface area contributed by atoms with E-state index in [9.17, 15) is 10.1 Å². The summed E-state index contributed by atoms with van der Waals surface area (Å²) in [5.41, 5.74) is 0.673. The molecule has 4 saturated carbocycles. The second-order valence-electron chi connectivity index (χ2n) is 7.03. The molecular formula is C16H21NO2. The van der Waals surface area contributed by atoms with Crippen LogP contribution in [0.25, 0.3) is 0 Å². The molecule has 2 unspecified atom stereocenters. The number of esters is 1. The second kappa shape index (κ2) is 4.10. The van der Waals surface area contributed by atoms with Crippen molar-refractivity contribution in [3.8, 4) is 6.07 Å². The van der Waals surface area contributed by atoms with Gasteiger partial charge >= 0.3 is 5.97 Å². The minimum absolute atomic E-state index is 0.0814. The van der Waals surface area contributed by atoms with Crippen molar-refractivity contribution < 1.29 is 9.53 Å². The van der Waals surface area contributed by atoms with Crippen LogP contribution in [0.3, 0.4) is 0 Å². The van der Waals surface area contributed by atoms with Crippen LogP contribution < -0.4 is 0 Å². The SMILES string of the molecule is COC(=O)/C(C)=C/C12CC3CC(CC(C#N)(C3)C1)C2. The van der Waals surface area contributed by atoms with E-state index in [-0.39, 0.29) is 16.8 Å². The molecule has 102 valence electrons. The number of allylic oxidation sites excluding steroid dienone is 1. The third-order valence-corrected chi connectivity index (χ3v) is 5.37. The molecule has 3 nitrogen and oxygen atoms in total. The molecule has 0 N–H and O–H groups in total. The molecule has 19 heavy (non-hydrogen) atoms.